The first-order valence-corrected chi connectivity index (χ1v) is 8.31. The number of nitriles is 1. The maximum atomic E-state index is 13.2. The number of rotatable bonds is 1. The molecule has 1 N–H and O–H groups in total. The number of aryl methyl sites for hydroxylation is 1. The summed E-state index contributed by atoms with van der Waals surface area (Å²) in [6.45, 7) is 1.94. The van der Waals surface area contributed by atoms with E-state index >= 15 is 0 Å². The van der Waals surface area contributed by atoms with Gasteiger partial charge >= 0.3 is 6.18 Å². The topological polar surface area (TPSA) is 44.0 Å². The summed E-state index contributed by atoms with van der Waals surface area (Å²) < 4.78 is 39.7. The van der Waals surface area contributed by atoms with Crippen molar-refractivity contribution in [1.29, 1.82) is 5.26 Å². The molecule has 0 spiro atoms. The Balaban J connectivity index is 2.13. The second-order valence-electron chi connectivity index (χ2n) is 6.22. The number of alkyl halides is 3. The molecule has 0 atom stereocenters. The highest BCUT2D eigenvalue weighted by Crippen LogP contribution is 2.34. The average molecular weight is 377 g/mol. The predicted octanol–water partition coefficient (Wildman–Crippen LogP) is 5.66. The van der Waals surface area contributed by atoms with Gasteiger partial charge in [-0.05, 0) is 54.4 Å². The summed E-state index contributed by atoms with van der Waals surface area (Å²) in [4.78, 5) is 0. The molecular formula is C23H14F3NO. The molecule has 2 nitrogen and oxygen atoms in total. The summed E-state index contributed by atoms with van der Waals surface area (Å²) in [6.07, 6.45) is -4.63. The van der Waals surface area contributed by atoms with Gasteiger partial charge in [-0.15, -0.1) is 0 Å². The molecule has 0 amide bonds. The van der Waals surface area contributed by atoms with Crippen LogP contribution in [0.4, 0.5) is 13.2 Å². The van der Waals surface area contributed by atoms with Crippen molar-refractivity contribution < 1.29 is 18.3 Å². The summed E-state index contributed by atoms with van der Waals surface area (Å²) in [7, 11) is 0. The summed E-state index contributed by atoms with van der Waals surface area (Å²) in [5.41, 5.74) is 2.25. The molecule has 0 aromatic heterocycles. The average Bonchev–Trinajstić information content (AvgIpc) is 2.67. The highest BCUT2D eigenvalue weighted by molar-refractivity contribution is 5.73. The maximum absolute atomic E-state index is 13.2. The van der Waals surface area contributed by atoms with Gasteiger partial charge in [0.05, 0.1) is 17.2 Å². The van der Waals surface area contributed by atoms with Crippen molar-refractivity contribution in [3.63, 3.8) is 0 Å². The molecular weight excluding hydrogens is 363 g/mol. The second kappa shape index (κ2) is 7.50. The summed E-state index contributed by atoms with van der Waals surface area (Å²) in [6, 6.07) is 17.4. The lowest BCUT2D eigenvalue weighted by atomic mass is 9.96. The van der Waals surface area contributed by atoms with E-state index in [1.54, 1.807) is 18.2 Å². The molecule has 3 aromatic rings. The Labute approximate surface area is 160 Å². The zero-order chi connectivity index (χ0) is 20.3. The fraction of sp³-hybridized carbons (Fsp3) is 0.0870. The molecule has 0 heterocycles. The number of benzene rings is 3. The summed E-state index contributed by atoms with van der Waals surface area (Å²) in [5.74, 6) is 4.87. The van der Waals surface area contributed by atoms with Crippen molar-refractivity contribution in [2.24, 2.45) is 0 Å². The van der Waals surface area contributed by atoms with Gasteiger partial charge in [-0.25, -0.2) is 0 Å². The molecule has 0 radical (unpaired) electrons. The lowest BCUT2D eigenvalue weighted by Gasteiger charge is -2.09. The zero-order valence-corrected chi connectivity index (χ0v) is 14.8. The Kier molecular flexibility index (Phi) is 5.11. The van der Waals surface area contributed by atoms with Crippen LogP contribution >= 0.6 is 0 Å². The highest BCUT2D eigenvalue weighted by atomic mass is 19.4. The molecule has 0 saturated heterocycles. The van der Waals surface area contributed by atoms with Crippen molar-refractivity contribution >= 4 is 0 Å². The molecule has 138 valence electrons. The van der Waals surface area contributed by atoms with E-state index in [2.05, 4.69) is 17.9 Å². The number of nitrogens with zero attached hydrogens (tertiary/aromatic N) is 1. The van der Waals surface area contributed by atoms with E-state index < -0.39 is 17.5 Å². The molecule has 0 unspecified atom stereocenters. The van der Waals surface area contributed by atoms with Crippen LogP contribution in [0, 0.1) is 30.1 Å². The van der Waals surface area contributed by atoms with E-state index in [0.717, 1.165) is 17.2 Å². The van der Waals surface area contributed by atoms with Gasteiger partial charge in [0.2, 0.25) is 0 Å². The van der Waals surface area contributed by atoms with Gasteiger partial charge in [0.25, 0.3) is 0 Å². The Morgan fingerprint density at radius 3 is 2.14 bits per heavy atom. The van der Waals surface area contributed by atoms with Gasteiger partial charge in [-0.3, -0.25) is 0 Å². The van der Waals surface area contributed by atoms with Crippen molar-refractivity contribution in [3.05, 3.63) is 88.5 Å². The highest BCUT2D eigenvalue weighted by Gasteiger charge is 2.33. The molecule has 0 aliphatic carbocycles. The molecule has 0 bridgehead atoms. The quantitative estimate of drug-likeness (QED) is 0.556. The van der Waals surface area contributed by atoms with Crippen LogP contribution in [0.1, 0.15) is 27.8 Å². The summed E-state index contributed by atoms with van der Waals surface area (Å²) in [5, 5.41) is 18.5. The van der Waals surface area contributed by atoms with E-state index in [-0.39, 0.29) is 5.56 Å². The van der Waals surface area contributed by atoms with Crippen LogP contribution in [0.5, 0.6) is 5.75 Å². The van der Waals surface area contributed by atoms with Gasteiger partial charge in [0, 0.05) is 11.1 Å². The van der Waals surface area contributed by atoms with E-state index in [1.807, 2.05) is 31.2 Å². The Morgan fingerprint density at radius 2 is 1.50 bits per heavy atom. The standard InChI is InChI=1S/C23H14F3NO/c1-15-2-5-17(6-3-15)21-12-16(14-27)4-7-18(21)8-9-19-10-11-20(28)13-22(19)23(24,25)26/h2-7,10-13,28H,1H3. The van der Waals surface area contributed by atoms with E-state index in [9.17, 15) is 18.3 Å². The van der Waals surface area contributed by atoms with Gasteiger partial charge in [0.1, 0.15) is 5.75 Å². The third-order valence-corrected chi connectivity index (χ3v) is 4.15. The number of halogens is 3. The van der Waals surface area contributed by atoms with E-state index in [0.29, 0.717) is 22.8 Å². The maximum Gasteiger partial charge on any atom is 0.417 e. The number of aromatic hydroxyl groups is 1. The first-order valence-electron chi connectivity index (χ1n) is 8.31. The summed E-state index contributed by atoms with van der Waals surface area (Å²) >= 11 is 0. The van der Waals surface area contributed by atoms with E-state index in [4.69, 9.17) is 5.26 Å². The van der Waals surface area contributed by atoms with Crippen LogP contribution in [0.25, 0.3) is 11.1 Å². The fourth-order valence-electron chi connectivity index (χ4n) is 2.71. The Hall–Kier alpha value is -3.70. The van der Waals surface area contributed by atoms with Crippen LogP contribution in [0.2, 0.25) is 0 Å². The largest absolute Gasteiger partial charge is 0.508 e. The minimum absolute atomic E-state index is 0.232. The molecule has 0 fully saturated rings. The van der Waals surface area contributed by atoms with Gasteiger partial charge in [0.15, 0.2) is 0 Å². The minimum atomic E-state index is -4.63. The van der Waals surface area contributed by atoms with Crippen LogP contribution in [0.15, 0.2) is 60.7 Å². The van der Waals surface area contributed by atoms with Crippen molar-refractivity contribution in [2.45, 2.75) is 13.1 Å². The lowest BCUT2D eigenvalue weighted by molar-refractivity contribution is -0.137. The number of hydrogen-bond acceptors (Lipinski definition) is 2. The second-order valence-corrected chi connectivity index (χ2v) is 6.22. The van der Waals surface area contributed by atoms with Gasteiger partial charge < -0.3 is 5.11 Å². The molecule has 3 rings (SSSR count). The number of hydrogen-bond donors (Lipinski definition) is 1. The Morgan fingerprint density at radius 1 is 0.857 bits per heavy atom. The smallest absolute Gasteiger partial charge is 0.417 e. The van der Waals surface area contributed by atoms with Crippen molar-refractivity contribution in [1.82, 2.24) is 0 Å². The molecule has 0 saturated carbocycles. The third kappa shape index (κ3) is 4.16. The number of phenolic OH excluding ortho intramolecular Hbond substituents is 1. The fourth-order valence-corrected chi connectivity index (χ4v) is 2.71. The minimum Gasteiger partial charge on any atom is -0.508 e. The van der Waals surface area contributed by atoms with Crippen LogP contribution in [-0.2, 0) is 6.18 Å². The first-order chi connectivity index (χ1) is 13.3. The third-order valence-electron chi connectivity index (χ3n) is 4.15. The van der Waals surface area contributed by atoms with Gasteiger partial charge in [-0.1, -0.05) is 41.7 Å². The first kappa shape index (κ1) is 19.1. The van der Waals surface area contributed by atoms with E-state index in [1.165, 1.54) is 6.07 Å². The molecule has 3 aromatic carbocycles. The van der Waals surface area contributed by atoms with Crippen LogP contribution in [0.3, 0.4) is 0 Å². The molecule has 28 heavy (non-hydrogen) atoms. The van der Waals surface area contributed by atoms with Crippen LogP contribution < -0.4 is 0 Å². The molecule has 0 aliphatic rings. The van der Waals surface area contributed by atoms with Gasteiger partial charge in [-0.2, -0.15) is 18.4 Å². The Bertz CT molecular complexity index is 1130. The van der Waals surface area contributed by atoms with Crippen molar-refractivity contribution in [3.8, 4) is 34.8 Å². The molecule has 0 aliphatic heterocycles. The number of phenols is 1. The SMILES string of the molecule is Cc1ccc(-c2cc(C#N)ccc2C#Cc2ccc(O)cc2C(F)(F)F)cc1. The monoisotopic (exact) mass is 377 g/mol. The van der Waals surface area contributed by atoms with Crippen molar-refractivity contribution in [2.75, 3.05) is 0 Å². The lowest BCUT2D eigenvalue weighted by Crippen LogP contribution is -2.07. The predicted molar refractivity (Wildman–Crippen MR) is 100 cm³/mol. The van der Waals surface area contributed by atoms with Crippen LogP contribution in [-0.4, -0.2) is 5.11 Å². The normalized spacial score (nSPS) is 10.7. The zero-order valence-electron chi connectivity index (χ0n) is 14.8. The molecule has 5 heteroatoms.